The Labute approximate surface area is 302 Å². The van der Waals surface area contributed by atoms with Crippen molar-refractivity contribution < 1.29 is 19.7 Å². The molecule has 0 bridgehead atoms. The molecule has 0 aromatic rings. The van der Waals surface area contributed by atoms with E-state index >= 15 is 0 Å². The normalized spacial score (nSPS) is 28.4. The number of aliphatic hydroxyl groups excluding tert-OH is 1. The first-order valence-corrected chi connectivity index (χ1v) is 20.8. The molecule has 6 atom stereocenters. The van der Waals surface area contributed by atoms with Crippen molar-refractivity contribution in [3.8, 4) is 0 Å². The van der Waals surface area contributed by atoms with Gasteiger partial charge in [0.2, 0.25) is 0 Å². The van der Waals surface area contributed by atoms with Crippen LogP contribution in [0.2, 0.25) is 0 Å². The lowest BCUT2D eigenvalue weighted by molar-refractivity contribution is -0.149. The highest BCUT2D eigenvalue weighted by Gasteiger charge is 2.50. The highest BCUT2D eigenvalue weighted by molar-refractivity contribution is 5.70. The molecule has 3 saturated carbocycles. The molecule has 0 aromatic heterocycles. The number of unbranched alkanes of at least 4 members (excludes halogenated alkanes) is 11. The maximum Gasteiger partial charge on any atom is 0.306 e. The number of carbonyl (C=O) groups is 1. The first kappa shape index (κ1) is 41.8. The zero-order valence-electron chi connectivity index (χ0n) is 32.6. The van der Waals surface area contributed by atoms with Crippen LogP contribution in [0, 0.1) is 23.2 Å². The molecule has 3 unspecified atom stereocenters. The lowest BCUT2D eigenvalue weighted by atomic mass is 9.60. The summed E-state index contributed by atoms with van der Waals surface area (Å²) in [6, 6.07) is 0. The summed E-state index contributed by atoms with van der Waals surface area (Å²) >= 11 is 0. The van der Waals surface area contributed by atoms with Crippen LogP contribution < -0.4 is 0 Å². The zero-order valence-corrected chi connectivity index (χ0v) is 32.6. The molecule has 280 valence electrons. The molecule has 0 spiro atoms. The molecular formula is C45H76O4. The van der Waals surface area contributed by atoms with Gasteiger partial charge in [-0.1, -0.05) is 121 Å². The minimum absolute atomic E-state index is 0.160. The van der Waals surface area contributed by atoms with Gasteiger partial charge < -0.3 is 14.9 Å². The standard InChI is InChI=1S/C45H76O4/c1-7-8-9-10-11-12-13-14-15-16-17-18-19-20-21-26-43(47)49-42-34-39(46)33-38(36(42)3)28-27-37-25-23-32-45(6)40(29-30-41(37)45)35(2)24-22-31-44(4,5)48/h14-15,27-28,35,39-42,46,48H,3,7-13,16-26,29-34H2,1-2,4-6H3/b15-14+,37-27+,38-28-/t35-,39+,40?,41?,42-,45?/m0/s1. The number of rotatable bonds is 22. The number of hydrogen-bond donors (Lipinski definition) is 2. The summed E-state index contributed by atoms with van der Waals surface area (Å²) in [5.41, 5.74) is 3.21. The van der Waals surface area contributed by atoms with E-state index in [1.165, 1.54) is 96.3 Å². The molecule has 3 rings (SSSR count). The number of esters is 1. The third-order valence-electron chi connectivity index (χ3n) is 12.3. The van der Waals surface area contributed by atoms with Gasteiger partial charge in [0.25, 0.3) is 0 Å². The summed E-state index contributed by atoms with van der Waals surface area (Å²) in [5, 5.41) is 20.9. The fraction of sp³-hybridized carbons (Fsp3) is 0.800. The first-order chi connectivity index (χ1) is 23.4. The second-order valence-corrected chi connectivity index (χ2v) is 17.1. The summed E-state index contributed by atoms with van der Waals surface area (Å²) in [5.74, 6) is 1.85. The molecule has 3 aliphatic carbocycles. The number of allylic oxidation sites excluding steroid dienone is 5. The second kappa shape index (κ2) is 21.7. The predicted molar refractivity (Wildman–Crippen MR) is 207 cm³/mol. The minimum atomic E-state index is -0.575. The number of ether oxygens (including phenoxy) is 1. The maximum atomic E-state index is 12.8. The molecule has 3 aliphatic rings. The maximum absolute atomic E-state index is 12.8. The van der Waals surface area contributed by atoms with Crippen molar-refractivity contribution in [3.63, 3.8) is 0 Å². The molecule has 4 nitrogen and oxygen atoms in total. The lowest BCUT2D eigenvalue weighted by Crippen LogP contribution is -2.36. The Hall–Kier alpha value is -1.65. The van der Waals surface area contributed by atoms with Gasteiger partial charge in [-0.25, -0.2) is 0 Å². The third kappa shape index (κ3) is 14.5. The van der Waals surface area contributed by atoms with Crippen LogP contribution >= 0.6 is 0 Å². The molecule has 0 aromatic carbocycles. The van der Waals surface area contributed by atoms with Crippen LogP contribution in [0.15, 0.2) is 47.6 Å². The van der Waals surface area contributed by atoms with Crippen LogP contribution in [0.25, 0.3) is 0 Å². The van der Waals surface area contributed by atoms with Crippen molar-refractivity contribution in [1.82, 2.24) is 0 Å². The van der Waals surface area contributed by atoms with E-state index in [1.807, 2.05) is 13.8 Å². The summed E-state index contributed by atoms with van der Waals surface area (Å²) in [6.07, 6.45) is 35.2. The Morgan fingerprint density at radius 3 is 2.31 bits per heavy atom. The van der Waals surface area contributed by atoms with Crippen molar-refractivity contribution in [2.24, 2.45) is 23.2 Å². The largest absolute Gasteiger partial charge is 0.457 e. The fourth-order valence-electron chi connectivity index (χ4n) is 9.40. The highest BCUT2D eigenvalue weighted by Crippen LogP contribution is 2.60. The van der Waals surface area contributed by atoms with Crippen LogP contribution in [-0.2, 0) is 9.53 Å². The average molecular weight is 681 g/mol. The molecule has 0 aliphatic heterocycles. The van der Waals surface area contributed by atoms with Gasteiger partial charge in [0.15, 0.2) is 0 Å². The molecule has 3 fully saturated rings. The van der Waals surface area contributed by atoms with Crippen LogP contribution in [0.4, 0.5) is 0 Å². The number of fused-ring (bicyclic) bond motifs is 1. The van der Waals surface area contributed by atoms with Gasteiger partial charge in [-0.15, -0.1) is 0 Å². The predicted octanol–water partition coefficient (Wildman–Crippen LogP) is 12.3. The smallest absolute Gasteiger partial charge is 0.306 e. The van der Waals surface area contributed by atoms with Crippen molar-refractivity contribution in [1.29, 1.82) is 0 Å². The monoisotopic (exact) mass is 681 g/mol. The SMILES string of the molecule is C=C1/C(=C\C=C2/CCCC3(C)C2CCC3[C@@H](C)CCCC(C)(C)O)C[C@@H](O)C[C@@H]1OC(=O)CCCCCCC/C=C/CCCCCCCC. The first-order valence-electron chi connectivity index (χ1n) is 20.8. The van der Waals surface area contributed by atoms with Crippen LogP contribution in [0.5, 0.6) is 0 Å². The lowest BCUT2D eigenvalue weighted by Gasteiger charge is -2.44. The summed E-state index contributed by atoms with van der Waals surface area (Å²) in [4.78, 5) is 12.8. The van der Waals surface area contributed by atoms with Gasteiger partial charge in [-0.3, -0.25) is 4.79 Å². The van der Waals surface area contributed by atoms with Gasteiger partial charge in [0, 0.05) is 12.8 Å². The summed E-state index contributed by atoms with van der Waals surface area (Å²) in [6.45, 7) is 15.4. The van der Waals surface area contributed by atoms with E-state index in [4.69, 9.17) is 4.74 Å². The molecule has 4 heteroatoms. The second-order valence-electron chi connectivity index (χ2n) is 17.1. The number of carbonyl (C=O) groups excluding carboxylic acids is 1. The van der Waals surface area contributed by atoms with Gasteiger partial charge in [0.1, 0.15) is 6.10 Å². The summed E-state index contributed by atoms with van der Waals surface area (Å²) in [7, 11) is 0. The van der Waals surface area contributed by atoms with E-state index in [0.29, 0.717) is 36.5 Å². The van der Waals surface area contributed by atoms with Crippen molar-refractivity contribution in [3.05, 3.63) is 47.6 Å². The van der Waals surface area contributed by atoms with E-state index in [9.17, 15) is 15.0 Å². The van der Waals surface area contributed by atoms with Crippen molar-refractivity contribution >= 4 is 5.97 Å². The summed E-state index contributed by atoms with van der Waals surface area (Å²) < 4.78 is 5.91. The van der Waals surface area contributed by atoms with Gasteiger partial charge in [-0.05, 0) is 125 Å². The van der Waals surface area contributed by atoms with Crippen LogP contribution in [-0.4, -0.2) is 34.0 Å². The van der Waals surface area contributed by atoms with E-state index in [2.05, 4.69) is 51.7 Å². The van der Waals surface area contributed by atoms with Gasteiger partial charge in [0.05, 0.1) is 11.7 Å². The van der Waals surface area contributed by atoms with Gasteiger partial charge >= 0.3 is 5.97 Å². The Balaban J connectivity index is 1.39. The number of aliphatic hydroxyl groups is 2. The molecule has 2 N–H and O–H groups in total. The van der Waals surface area contributed by atoms with Crippen LogP contribution in [0.3, 0.4) is 0 Å². The minimum Gasteiger partial charge on any atom is -0.457 e. The van der Waals surface area contributed by atoms with Gasteiger partial charge in [-0.2, -0.15) is 0 Å². The van der Waals surface area contributed by atoms with Crippen molar-refractivity contribution in [2.45, 2.75) is 207 Å². The average Bonchev–Trinajstić information content (AvgIpc) is 3.40. The topological polar surface area (TPSA) is 66.8 Å². The fourth-order valence-corrected chi connectivity index (χ4v) is 9.40. The molecule has 0 amide bonds. The molecule has 49 heavy (non-hydrogen) atoms. The van der Waals surface area contributed by atoms with E-state index in [1.54, 1.807) is 5.57 Å². The Morgan fingerprint density at radius 2 is 1.63 bits per heavy atom. The highest BCUT2D eigenvalue weighted by atomic mass is 16.5. The molecule has 0 saturated heterocycles. The number of hydrogen-bond acceptors (Lipinski definition) is 4. The van der Waals surface area contributed by atoms with Crippen molar-refractivity contribution in [2.75, 3.05) is 0 Å². The van der Waals surface area contributed by atoms with E-state index in [0.717, 1.165) is 55.6 Å². The quantitative estimate of drug-likeness (QED) is 0.0678. The Morgan fingerprint density at radius 1 is 0.980 bits per heavy atom. The van der Waals surface area contributed by atoms with Crippen LogP contribution in [0.1, 0.15) is 189 Å². The third-order valence-corrected chi connectivity index (χ3v) is 12.3. The van der Waals surface area contributed by atoms with E-state index < -0.39 is 17.8 Å². The molecule has 0 radical (unpaired) electrons. The molecular weight excluding hydrogens is 604 g/mol. The van der Waals surface area contributed by atoms with E-state index in [-0.39, 0.29) is 5.97 Å². The molecule has 0 heterocycles. The Kier molecular flexibility index (Phi) is 18.5. The zero-order chi connectivity index (χ0) is 35.7. The Bertz CT molecular complexity index is 1080.